The maximum atomic E-state index is 9.30. The van der Waals surface area contributed by atoms with Crippen LogP contribution in [0.1, 0.15) is 11.1 Å². The maximum absolute atomic E-state index is 9.30. The van der Waals surface area contributed by atoms with Crippen molar-refractivity contribution in [1.82, 2.24) is 0 Å². The molecule has 0 radical (unpaired) electrons. The molecule has 0 amide bonds. The molecule has 0 aliphatic rings. The number of hydrogen-bond donors (Lipinski definition) is 0. The van der Waals surface area contributed by atoms with Crippen molar-refractivity contribution in [3.63, 3.8) is 0 Å². The Morgan fingerprint density at radius 1 is 0.667 bits per heavy atom. The van der Waals surface area contributed by atoms with Gasteiger partial charge < -0.3 is 0 Å². The van der Waals surface area contributed by atoms with E-state index in [0.717, 1.165) is 11.7 Å². The Bertz CT molecular complexity index is 1080. The fourth-order valence-corrected chi connectivity index (χ4v) is 8.19. The van der Waals surface area contributed by atoms with Crippen molar-refractivity contribution in [1.29, 1.82) is 5.26 Å². The molecule has 0 atom stereocenters. The Balaban J connectivity index is 1.96. The van der Waals surface area contributed by atoms with Crippen LogP contribution in [-0.4, -0.2) is 0 Å². The van der Waals surface area contributed by atoms with Crippen molar-refractivity contribution >= 4 is 28.7 Å². The van der Waals surface area contributed by atoms with Gasteiger partial charge in [-0.2, -0.15) is 5.26 Å². The highest BCUT2D eigenvalue weighted by Gasteiger charge is 2.45. The molecule has 1 nitrogen and oxygen atoms in total. The van der Waals surface area contributed by atoms with Gasteiger partial charge in [0.15, 0.2) is 0 Å². The molecule has 144 valence electrons. The van der Waals surface area contributed by atoms with Crippen molar-refractivity contribution in [2.75, 3.05) is 0 Å². The molecule has 4 aromatic carbocycles. The number of allylic oxidation sites excluding steroid dienone is 1. The second-order valence-electron chi connectivity index (χ2n) is 7.27. The third-order valence-corrected chi connectivity index (χ3v) is 9.80. The Kier molecular flexibility index (Phi) is 5.89. The van der Waals surface area contributed by atoms with Gasteiger partial charge in [-0.05, 0) is 53.6 Å². The van der Waals surface area contributed by atoms with Crippen LogP contribution in [-0.2, 0) is 6.16 Å². The van der Waals surface area contributed by atoms with E-state index in [1.54, 1.807) is 0 Å². The molecule has 0 unspecified atom stereocenters. The first-order valence-corrected chi connectivity index (χ1v) is 11.9. The Hall–Kier alpha value is -3.46. The topological polar surface area (TPSA) is 23.8 Å². The largest absolute Gasteiger partial charge is 0.192 e. The van der Waals surface area contributed by atoms with Crippen LogP contribution in [0.3, 0.4) is 0 Å². The lowest BCUT2D eigenvalue weighted by molar-refractivity contribution is 1.37. The van der Waals surface area contributed by atoms with Gasteiger partial charge in [0, 0.05) is 0 Å². The summed E-state index contributed by atoms with van der Waals surface area (Å²) in [6.07, 6.45) is 0.886. The molecule has 4 rings (SSSR count). The van der Waals surface area contributed by atoms with E-state index in [1.165, 1.54) is 21.5 Å². The Labute approximate surface area is 179 Å². The zero-order chi connectivity index (χ0) is 20.8. The van der Waals surface area contributed by atoms with E-state index in [2.05, 4.69) is 116 Å². The molecule has 0 aliphatic heterocycles. The lowest BCUT2D eigenvalue weighted by atomic mass is 10.1. The molecule has 0 fully saturated rings. The van der Waals surface area contributed by atoms with Gasteiger partial charge in [-0.25, -0.2) is 0 Å². The zero-order valence-corrected chi connectivity index (χ0v) is 17.7. The van der Waals surface area contributed by atoms with Crippen LogP contribution >= 0.6 is 7.26 Å². The molecule has 0 saturated heterocycles. The van der Waals surface area contributed by atoms with Gasteiger partial charge >= 0.3 is 0 Å². The number of nitrogens with zero attached hydrogens (tertiary/aromatic N) is 1. The fourth-order valence-electron chi connectivity index (χ4n) is 3.96. The van der Waals surface area contributed by atoms with Gasteiger partial charge in [-0.15, -0.1) is 0 Å². The highest BCUT2D eigenvalue weighted by Crippen LogP contribution is 2.58. The predicted molar refractivity (Wildman–Crippen MR) is 130 cm³/mol. The summed E-state index contributed by atoms with van der Waals surface area (Å²) in [6, 6.07) is 43.0. The van der Waals surface area contributed by atoms with Crippen LogP contribution < -0.4 is 15.9 Å². The Morgan fingerprint density at radius 2 is 1.13 bits per heavy atom. The van der Waals surface area contributed by atoms with Crippen LogP contribution in [0.2, 0.25) is 0 Å². The van der Waals surface area contributed by atoms with Gasteiger partial charge in [0.2, 0.25) is 0 Å². The molecule has 0 heterocycles. The first kappa shape index (κ1) is 19.8. The van der Waals surface area contributed by atoms with Crippen LogP contribution in [0, 0.1) is 11.3 Å². The molecule has 0 bridgehead atoms. The van der Waals surface area contributed by atoms with E-state index >= 15 is 0 Å². The molecule has 4 aromatic rings. The SMILES string of the molecule is C=C(C#N)c1cccc(C[P+](c2ccccc2)(c2ccccc2)c2ccccc2)c1. The predicted octanol–water partition coefficient (Wildman–Crippen LogP) is 5.72. The average Bonchev–Trinajstić information content (AvgIpc) is 2.84. The fraction of sp³-hybridized carbons (Fsp3) is 0.0357. The third kappa shape index (κ3) is 3.84. The van der Waals surface area contributed by atoms with Crippen molar-refractivity contribution in [3.8, 4) is 6.07 Å². The summed E-state index contributed by atoms with van der Waals surface area (Å²) in [7, 11) is -1.95. The minimum absolute atomic E-state index is 0.500. The van der Waals surface area contributed by atoms with Crippen LogP contribution in [0.4, 0.5) is 0 Å². The van der Waals surface area contributed by atoms with Gasteiger partial charge in [0.1, 0.15) is 23.2 Å². The Morgan fingerprint density at radius 3 is 1.57 bits per heavy atom. The standard InChI is InChI=1S/C28H23NP/c1-23(21-29)25-13-11-12-24(20-25)22-30(26-14-5-2-6-15-26,27-16-7-3-8-17-27)28-18-9-4-10-19-28/h2-20H,1,22H2/q+1. The summed E-state index contributed by atoms with van der Waals surface area (Å²) >= 11 is 0. The second-order valence-corrected chi connectivity index (χ2v) is 10.8. The highest BCUT2D eigenvalue weighted by atomic mass is 31.2. The first-order chi connectivity index (χ1) is 14.7. The van der Waals surface area contributed by atoms with E-state index in [4.69, 9.17) is 0 Å². The van der Waals surface area contributed by atoms with E-state index in [1.807, 2.05) is 12.1 Å². The molecule has 30 heavy (non-hydrogen) atoms. The lowest BCUT2D eigenvalue weighted by Gasteiger charge is -2.28. The highest BCUT2D eigenvalue weighted by molar-refractivity contribution is 7.95. The number of rotatable bonds is 6. The van der Waals surface area contributed by atoms with Crippen molar-refractivity contribution in [2.45, 2.75) is 6.16 Å². The van der Waals surface area contributed by atoms with E-state index in [-0.39, 0.29) is 0 Å². The molecular formula is C28H23NP+. The number of nitriles is 1. The molecular weight excluding hydrogens is 381 g/mol. The smallest absolute Gasteiger partial charge is 0.116 e. The van der Waals surface area contributed by atoms with Crippen molar-refractivity contribution in [3.05, 3.63) is 133 Å². The van der Waals surface area contributed by atoms with Crippen molar-refractivity contribution in [2.24, 2.45) is 0 Å². The molecule has 0 saturated carbocycles. The summed E-state index contributed by atoms with van der Waals surface area (Å²) in [4.78, 5) is 0. The van der Waals surface area contributed by atoms with Crippen LogP contribution in [0.5, 0.6) is 0 Å². The maximum Gasteiger partial charge on any atom is 0.116 e. The summed E-state index contributed by atoms with van der Waals surface area (Å²) < 4.78 is 0. The van der Waals surface area contributed by atoms with E-state index < -0.39 is 7.26 Å². The van der Waals surface area contributed by atoms with Gasteiger partial charge in [-0.3, -0.25) is 0 Å². The molecule has 2 heteroatoms. The lowest BCUT2D eigenvalue weighted by Crippen LogP contribution is -2.32. The summed E-state index contributed by atoms with van der Waals surface area (Å²) in [5.41, 5.74) is 2.61. The van der Waals surface area contributed by atoms with Gasteiger partial charge in [-0.1, -0.05) is 79.4 Å². The normalized spacial score (nSPS) is 10.9. The summed E-state index contributed by atoms with van der Waals surface area (Å²) in [5.74, 6) is 0. The number of hydrogen-bond acceptors (Lipinski definition) is 1. The zero-order valence-electron chi connectivity index (χ0n) is 16.8. The molecule has 0 N–H and O–H groups in total. The molecule has 0 aliphatic carbocycles. The van der Waals surface area contributed by atoms with E-state index in [0.29, 0.717) is 5.57 Å². The minimum atomic E-state index is -1.95. The summed E-state index contributed by atoms with van der Waals surface area (Å²) in [5, 5.41) is 13.4. The number of benzene rings is 4. The van der Waals surface area contributed by atoms with Gasteiger partial charge in [0.25, 0.3) is 0 Å². The van der Waals surface area contributed by atoms with Crippen LogP contribution in [0.25, 0.3) is 5.57 Å². The summed E-state index contributed by atoms with van der Waals surface area (Å²) in [6.45, 7) is 3.90. The van der Waals surface area contributed by atoms with Crippen LogP contribution in [0.15, 0.2) is 122 Å². The monoisotopic (exact) mass is 404 g/mol. The average molecular weight is 404 g/mol. The quantitative estimate of drug-likeness (QED) is 0.298. The van der Waals surface area contributed by atoms with E-state index in [9.17, 15) is 5.26 Å². The third-order valence-electron chi connectivity index (χ3n) is 5.42. The van der Waals surface area contributed by atoms with Gasteiger partial charge in [0.05, 0.1) is 17.8 Å². The molecule has 0 spiro atoms. The molecule has 0 aromatic heterocycles. The first-order valence-electron chi connectivity index (χ1n) is 9.97. The van der Waals surface area contributed by atoms with Crippen molar-refractivity contribution < 1.29 is 0 Å². The minimum Gasteiger partial charge on any atom is -0.192 e. The second kappa shape index (κ2) is 8.91.